The number of unbranched alkanes of at least 4 members (excludes halogenated alkanes) is 1. The van der Waals surface area contributed by atoms with E-state index in [2.05, 4.69) is 28.6 Å². The second kappa shape index (κ2) is 13.3. The van der Waals surface area contributed by atoms with Crippen molar-refractivity contribution in [2.45, 2.75) is 51.2 Å². The van der Waals surface area contributed by atoms with E-state index in [1.807, 2.05) is 0 Å². The van der Waals surface area contributed by atoms with Gasteiger partial charge in [0.15, 0.2) is 0 Å². The molecular formula is C16H31N5O5S. The van der Waals surface area contributed by atoms with Crippen molar-refractivity contribution in [3.05, 3.63) is 0 Å². The molecular weight excluding hydrogens is 374 g/mol. The summed E-state index contributed by atoms with van der Waals surface area (Å²) in [5.41, 5.74) is 11.3. The van der Waals surface area contributed by atoms with Gasteiger partial charge in [0.2, 0.25) is 17.7 Å². The van der Waals surface area contributed by atoms with Crippen molar-refractivity contribution in [3.63, 3.8) is 0 Å². The first-order chi connectivity index (χ1) is 12.6. The molecule has 27 heavy (non-hydrogen) atoms. The molecule has 3 unspecified atom stereocenters. The van der Waals surface area contributed by atoms with Gasteiger partial charge in [-0.3, -0.25) is 19.2 Å². The van der Waals surface area contributed by atoms with Crippen LogP contribution in [-0.2, 0) is 19.2 Å². The predicted molar refractivity (Wildman–Crippen MR) is 104 cm³/mol. The number of carboxylic acid groups (broad SMARTS) is 1. The van der Waals surface area contributed by atoms with E-state index in [9.17, 15) is 19.2 Å². The smallest absolute Gasteiger partial charge is 0.322 e. The number of hydrogen-bond acceptors (Lipinski definition) is 7. The van der Waals surface area contributed by atoms with Crippen molar-refractivity contribution < 1.29 is 24.3 Å². The van der Waals surface area contributed by atoms with Gasteiger partial charge in [-0.05, 0) is 31.7 Å². The topological polar surface area (TPSA) is 177 Å². The molecule has 0 bridgehead atoms. The molecule has 0 saturated heterocycles. The lowest BCUT2D eigenvalue weighted by Gasteiger charge is -2.24. The fourth-order valence-corrected chi connectivity index (χ4v) is 2.34. The van der Waals surface area contributed by atoms with Crippen molar-refractivity contribution in [2.75, 3.05) is 18.8 Å². The second-order valence-corrected chi connectivity index (χ2v) is 6.84. The molecule has 0 aromatic rings. The zero-order valence-corrected chi connectivity index (χ0v) is 16.6. The third-order valence-electron chi connectivity index (χ3n) is 3.83. The highest BCUT2D eigenvalue weighted by Crippen LogP contribution is 2.05. The molecule has 0 fully saturated rings. The summed E-state index contributed by atoms with van der Waals surface area (Å²) in [6.07, 6.45) is 1.60. The molecule has 0 heterocycles. The van der Waals surface area contributed by atoms with Crippen molar-refractivity contribution in [2.24, 2.45) is 17.4 Å². The Morgan fingerprint density at radius 3 is 2.07 bits per heavy atom. The number of thiol groups is 1. The zero-order chi connectivity index (χ0) is 21.0. The molecule has 0 saturated carbocycles. The highest BCUT2D eigenvalue weighted by Gasteiger charge is 2.28. The van der Waals surface area contributed by atoms with Gasteiger partial charge in [0.05, 0.1) is 6.04 Å². The number of carbonyl (C=O) groups is 4. The SMILES string of the molecule is CC(C)C(N)C(=O)NC(CCCCN)C(=O)NC(CS)C(=O)NCC(=O)O. The van der Waals surface area contributed by atoms with Crippen LogP contribution in [0.3, 0.4) is 0 Å². The average Bonchev–Trinajstić information content (AvgIpc) is 2.62. The summed E-state index contributed by atoms with van der Waals surface area (Å²) in [4.78, 5) is 47.2. The van der Waals surface area contributed by atoms with Crippen LogP contribution in [0.2, 0.25) is 0 Å². The van der Waals surface area contributed by atoms with E-state index in [1.165, 1.54) is 0 Å². The maximum absolute atomic E-state index is 12.5. The molecule has 0 aliphatic rings. The highest BCUT2D eigenvalue weighted by atomic mass is 32.1. The molecule has 3 atom stereocenters. The Morgan fingerprint density at radius 1 is 1.00 bits per heavy atom. The normalized spacial score (nSPS) is 14.1. The molecule has 0 rings (SSSR count). The highest BCUT2D eigenvalue weighted by molar-refractivity contribution is 7.80. The van der Waals surface area contributed by atoms with Crippen LogP contribution in [0.4, 0.5) is 0 Å². The molecule has 0 radical (unpaired) electrons. The van der Waals surface area contributed by atoms with Crippen LogP contribution < -0.4 is 27.4 Å². The molecule has 156 valence electrons. The molecule has 0 aliphatic carbocycles. The number of aliphatic carboxylic acids is 1. The molecule has 3 amide bonds. The van der Waals surface area contributed by atoms with Crippen LogP contribution in [-0.4, -0.2) is 65.8 Å². The van der Waals surface area contributed by atoms with E-state index in [0.29, 0.717) is 25.8 Å². The van der Waals surface area contributed by atoms with E-state index in [1.54, 1.807) is 13.8 Å². The number of carboxylic acids is 1. The summed E-state index contributed by atoms with van der Waals surface area (Å²) in [5.74, 6) is -3.05. The third kappa shape index (κ3) is 10.2. The van der Waals surface area contributed by atoms with Gasteiger partial charge in [-0.1, -0.05) is 13.8 Å². The van der Waals surface area contributed by atoms with Gasteiger partial charge in [0, 0.05) is 5.75 Å². The van der Waals surface area contributed by atoms with E-state index >= 15 is 0 Å². The van der Waals surface area contributed by atoms with Gasteiger partial charge >= 0.3 is 5.97 Å². The van der Waals surface area contributed by atoms with Gasteiger partial charge in [0.25, 0.3) is 0 Å². The fourth-order valence-electron chi connectivity index (χ4n) is 2.08. The third-order valence-corrected chi connectivity index (χ3v) is 4.20. The van der Waals surface area contributed by atoms with Crippen LogP contribution in [0.5, 0.6) is 0 Å². The number of nitrogens with two attached hydrogens (primary N) is 2. The van der Waals surface area contributed by atoms with Crippen LogP contribution in [0, 0.1) is 5.92 Å². The Labute approximate surface area is 164 Å². The molecule has 0 aromatic heterocycles. The summed E-state index contributed by atoms with van der Waals surface area (Å²) >= 11 is 4.01. The average molecular weight is 406 g/mol. The van der Waals surface area contributed by atoms with Crippen LogP contribution in [0.1, 0.15) is 33.1 Å². The van der Waals surface area contributed by atoms with E-state index in [-0.39, 0.29) is 11.7 Å². The lowest BCUT2D eigenvalue weighted by atomic mass is 10.0. The van der Waals surface area contributed by atoms with E-state index < -0.39 is 48.4 Å². The van der Waals surface area contributed by atoms with Gasteiger partial charge in [-0.2, -0.15) is 12.6 Å². The Hall–Kier alpha value is -1.85. The first-order valence-electron chi connectivity index (χ1n) is 8.80. The maximum Gasteiger partial charge on any atom is 0.322 e. The minimum absolute atomic E-state index is 0.0355. The first kappa shape index (κ1) is 25.1. The number of carbonyl (C=O) groups excluding carboxylic acids is 3. The van der Waals surface area contributed by atoms with Gasteiger partial charge in [-0.15, -0.1) is 0 Å². The Morgan fingerprint density at radius 2 is 1.59 bits per heavy atom. The minimum Gasteiger partial charge on any atom is -0.480 e. The summed E-state index contributed by atoms with van der Waals surface area (Å²) in [6.45, 7) is 3.46. The van der Waals surface area contributed by atoms with Crippen molar-refractivity contribution in [1.82, 2.24) is 16.0 Å². The predicted octanol–water partition coefficient (Wildman–Crippen LogP) is -1.80. The van der Waals surface area contributed by atoms with Gasteiger partial charge in [0.1, 0.15) is 18.6 Å². The molecule has 0 spiro atoms. The standard InChI is InChI=1S/C16H31N5O5S/c1-9(2)13(18)16(26)20-10(5-3-4-6-17)15(25)21-11(8-27)14(24)19-7-12(22)23/h9-11,13,27H,3-8,17-18H2,1-2H3,(H,19,24)(H,20,26)(H,21,25)(H,22,23). The number of rotatable bonds is 13. The van der Waals surface area contributed by atoms with Crippen molar-refractivity contribution in [1.29, 1.82) is 0 Å². The Balaban J connectivity index is 5.00. The maximum atomic E-state index is 12.5. The fraction of sp³-hybridized carbons (Fsp3) is 0.750. The molecule has 10 nitrogen and oxygen atoms in total. The Kier molecular flexibility index (Phi) is 12.4. The van der Waals surface area contributed by atoms with Gasteiger partial charge < -0.3 is 32.5 Å². The van der Waals surface area contributed by atoms with Crippen molar-refractivity contribution in [3.8, 4) is 0 Å². The quantitative estimate of drug-likeness (QED) is 0.140. The van der Waals surface area contributed by atoms with Crippen LogP contribution in [0.25, 0.3) is 0 Å². The van der Waals surface area contributed by atoms with Crippen LogP contribution in [0.15, 0.2) is 0 Å². The molecule has 0 aromatic carbocycles. The first-order valence-corrected chi connectivity index (χ1v) is 9.44. The van der Waals surface area contributed by atoms with E-state index in [4.69, 9.17) is 16.6 Å². The number of amides is 3. The second-order valence-electron chi connectivity index (χ2n) is 6.47. The molecule has 11 heteroatoms. The zero-order valence-electron chi connectivity index (χ0n) is 15.7. The largest absolute Gasteiger partial charge is 0.480 e. The summed E-state index contributed by atoms with van der Waals surface area (Å²) in [6, 6.07) is -2.69. The monoisotopic (exact) mass is 405 g/mol. The summed E-state index contributed by atoms with van der Waals surface area (Å²) < 4.78 is 0. The lowest BCUT2D eigenvalue weighted by Crippen LogP contribution is -2.57. The number of nitrogens with one attached hydrogen (secondary N) is 3. The van der Waals surface area contributed by atoms with Crippen molar-refractivity contribution >= 4 is 36.3 Å². The number of hydrogen-bond donors (Lipinski definition) is 7. The lowest BCUT2D eigenvalue weighted by molar-refractivity contribution is -0.138. The van der Waals surface area contributed by atoms with Gasteiger partial charge in [-0.25, -0.2) is 0 Å². The van der Waals surface area contributed by atoms with Crippen LogP contribution >= 0.6 is 12.6 Å². The Bertz CT molecular complexity index is 517. The molecule has 8 N–H and O–H groups in total. The minimum atomic E-state index is -1.21. The van der Waals surface area contributed by atoms with E-state index in [0.717, 1.165) is 0 Å². The molecule has 0 aliphatic heterocycles. The summed E-state index contributed by atoms with van der Waals surface area (Å²) in [7, 11) is 0. The summed E-state index contributed by atoms with van der Waals surface area (Å²) in [5, 5.41) is 15.9.